The van der Waals surface area contributed by atoms with Gasteiger partial charge in [-0.05, 0) is 60.3 Å². The molecule has 2 N–H and O–H groups in total. The highest BCUT2D eigenvalue weighted by Gasteiger charge is 2.08. The summed E-state index contributed by atoms with van der Waals surface area (Å²) in [5, 5.41) is 14.8. The first kappa shape index (κ1) is 18.9. The van der Waals surface area contributed by atoms with Gasteiger partial charge in [-0.2, -0.15) is 0 Å². The summed E-state index contributed by atoms with van der Waals surface area (Å²) < 4.78 is 5.15. The van der Waals surface area contributed by atoms with E-state index in [2.05, 4.69) is 54.7 Å². The Labute approximate surface area is 159 Å². The van der Waals surface area contributed by atoms with Gasteiger partial charge in [0.1, 0.15) is 5.75 Å². The molecule has 0 fully saturated rings. The van der Waals surface area contributed by atoms with Crippen LogP contribution in [0.5, 0.6) is 5.75 Å². The SMILES string of the molecule is CC(NCCCc1ccc(OCC(=O)O)cc1)c1cccc2ccccc12. The molecule has 0 radical (unpaired) electrons. The summed E-state index contributed by atoms with van der Waals surface area (Å²) in [6, 6.07) is 22.9. The first-order chi connectivity index (χ1) is 13.1. The lowest BCUT2D eigenvalue weighted by Gasteiger charge is -2.16. The molecule has 1 atom stereocenters. The molecule has 0 spiro atoms. The largest absolute Gasteiger partial charge is 0.482 e. The van der Waals surface area contributed by atoms with Crippen molar-refractivity contribution in [3.05, 3.63) is 77.9 Å². The standard InChI is InChI=1S/C23H25NO3/c1-17(21-10-4-8-19-7-2-3-9-22(19)21)24-15-5-6-18-11-13-20(14-12-18)27-16-23(25)26/h2-4,7-14,17,24H,5-6,15-16H2,1H3,(H,25,26). The fourth-order valence-corrected chi connectivity index (χ4v) is 3.25. The minimum absolute atomic E-state index is 0.294. The van der Waals surface area contributed by atoms with Crippen LogP contribution < -0.4 is 10.1 Å². The Hall–Kier alpha value is -2.85. The molecule has 3 rings (SSSR count). The predicted molar refractivity (Wildman–Crippen MR) is 108 cm³/mol. The van der Waals surface area contributed by atoms with Gasteiger partial charge in [0.2, 0.25) is 0 Å². The molecule has 1 unspecified atom stereocenters. The maximum atomic E-state index is 10.5. The zero-order valence-corrected chi connectivity index (χ0v) is 15.5. The van der Waals surface area contributed by atoms with E-state index in [1.807, 2.05) is 24.3 Å². The van der Waals surface area contributed by atoms with Crippen LogP contribution in [-0.2, 0) is 11.2 Å². The number of aliphatic carboxylic acids is 1. The third kappa shape index (κ3) is 5.31. The lowest BCUT2D eigenvalue weighted by atomic mass is 9.99. The molecule has 140 valence electrons. The molecule has 0 bridgehead atoms. The van der Waals surface area contributed by atoms with Gasteiger partial charge in [-0.3, -0.25) is 0 Å². The number of ether oxygens (including phenoxy) is 1. The van der Waals surface area contributed by atoms with Crippen molar-refractivity contribution in [2.45, 2.75) is 25.8 Å². The number of carbonyl (C=O) groups is 1. The average molecular weight is 363 g/mol. The van der Waals surface area contributed by atoms with Gasteiger partial charge in [0.25, 0.3) is 0 Å². The van der Waals surface area contributed by atoms with Crippen molar-refractivity contribution in [3.63, 3.8) is 0 Å². The first-order valence-corrected chi connectivity index (χ1v) is 9.28. The Morgan fingerprint density at radius 3 is 2.56 bits per heavy atom. The molecule has 0 amide bonds. The quantitative estimate of drug-likeness (QED) is 0.546. The van der Waals surface area contributed by atoms with Crippen LogP contribution in [0.15, 0.2) is 66.7 Å². The predicted octanol–water partition coefficient (Wildman–Crippen LogP) is 4.59. The number of benzene rings is 3. The molecular weight excluding hydrogens is 338 g/mol. The van der Waals surface area contributed by atoms with Crippen LogP contribution in [-0.4, -0.2) is 24.2 Å². The van der Waals surface area contributed by atoms with Crippen molar-refractivity contribution < 1.29 is 14.6 Å². The van der Waals surface area contributed by atoms with Crippen LogP contribution in [0, 0.1) is 0 Å². The molecule has 0 aliphatic carbocycles. The second kappa shape index (κ2) is 9.19. The number of hydrogen-bond acceptors (Lipinski definition) is 3. The van der Waals surface area contributed by atoms with Crippen LogP contribution >= 0.6 is 0 Å². The number of carboxylic acids is 1. The highest BCUT2D eigenvalue weighted by atomic mass is 16.5. The summed E-state index contributed by atoms with van der Waals surface area (Å²) in [7, 11) is 0. The Kier molecular flexibility index (Phi) is 6.44. The minimum atomic E-state index is -0.967. The Balaban J connectivity index is 1.47. The Morgan fingerprint density at radius 2 is 1.78 bits per heavy atom. The second-order valence-electron chi connectivity index (χ2n) is 6.67. The van der Waals surface area contributed by atoms with Crippen LogP contribution in [0.2, 0.25) is 0 Å². The molecule has 3 aromatic carbocycles. The van der Waals surface area contributed by atoms with Gasteiger partial charge in [0.05, 0.1) is 0 Å². The minimum Gasteiger partial charge on any atom is -0.482 e. The number of rotatable bonds is 9. The van der Waals surface area contributed by atoms with Crippen molar-refractivity contribution >= 4 is 16.7 Å². The van der Waals surface area contributed by atoms with Crippen molar-refractivity contribution in [2.75, 3.05) is 13.2 Å². The fourth-order valence-electron chi connectivity index (χ4n) is 3.25. The van der Waals surface area contributed by atoms with E-state index in [1.165, 1.54) is 21.9 Å². The van der Waals surface area contributed by atoms with Gasteiger partial charge in [-0.25, -0.2) is 4.79 Å². The topological polar surface area (TPSA) is 58.6 Å². The number of nitrogens with one attached hydrogen (secondary N) is 1. The summed E-state index contributed by atoms with van der Waals surface area (Å²) in [6.45, 7) is 2.83. The van der Waals surface area contributed by atoms with Crippen LogP contribution in [0.1, 0.15) is 30.5 Å². The third-order valence-electron chi connectivity index (χ3n) is 4.67. The molecule has 4 heteroatoms. The second-order valence-corrected chi connectivity index (χ2v) is 6.67. The summed E-state index contributed by atoms with van der Waals surface area (Å²) in [4.78, 5) is 10.5. The lowest BCUT2D eigenvalue weighted by molar-refractivity contribution is -0.139. The molecule has 4 nitrogen and oxygen atoms in total. The van der Waals surface area contributed by atoms with Crippen molar-refractivity contribution in [1.82, 2.24) is 5.32 Å². The smallest absolute Gasteiger partial charge is 0.341 e. The third-order valence-corrected chi connectivity index (χ3v) is 4.67. The number of carboxylic acid groups (broad SMARTS) is 1. The zero-order valence-electron chi connectivity index (χ0n) is 15.5. The summed E-state index contributed by atoms with van der Waals surface area (Å²) in [6.07, 6.45) is 2.00. The molecular formula is C23H25NO3. The molecule has 0 aliphatic rings. The molecule has 0 saturated carbocycles. The zero-order chi connectivity index (χ0) is 19.1. The maximum Gasteiger partial charge on any atom is 0.341 e. The first-order valence-electron chi connectivity index (χ1n) is 9.28. The molecule has 0 aromatic heterocycles. The van der Waals surface area contributed by atoms with E-state index in [4.69, 9.17) is 9.84 Å². The van der Waals surface area contributed by atoms with Crippen LogP contribution in [0.4, 0.5) is 0 Å². The average Bonchev–Trinajstić information content (AvgIpc) is 2.70. The maximum absolute atomic E-state index is 10.5. The van der Waals surface area contributed by atoms with Gasteiger partial charge < -0.3 is 15.2 Å². The molecule has 0 heterocycles. The fraction of sp³-hybridized carbons (Fsp3) is 0.261. The van der Waals surface area contributed by atoms with Crippen molar-refractivity contribution in [2.24, 2.45) is 0 Å². The highest BCUT2D eigenvalue weighted by molar-refractivity contribution is 5.86. The van der Waals surface area contributed by atoms with E-state index in [9.17, 15) is 4.79 Å². The summed E-state index contributed by atoms with van der Waals surface area (Å²) in [5.41, 5.74) is 2.55. The summed E-state index contributed by atoms with van der Waals surface area (Å²) in [5.74, 6) is -0.380. The van der Waals surface area contributed by atoms with E-state index in [0.29, 0.717) is 11.8 Å². The summed E-state index contributed by atoms with van der Waals surface area (Å²) >= 11 is 0. The number of aryl methyl sites for hydroxylation is 1. The van der Waals surface area contributed by atoms with E-state index in [-0.39, 0.29) is 6.61 Å². The van der Waals surface area contributed by atoms with Gasteiger partial charge in [0, 0.05) is 6.04 Å². The Bertz CT molecular complexity index is 884. The molecule has 0 saturated heterocycles. The van der Waals surface area contributed by atoms with Gasteiger partial charge >= 0.3 is 5.97 Å². The molecule has 3 aromatic rings. The number of fused-ring (bicyclic) bond motifs is 1. The highest BCUT2D eigenvalue weighted by Crippen LogP contribution is 2.24. The Morgan fingerprint density at radius 1 is 1.04 bits per heavy atom. The van der Waals surface area contributed by atoms with E-state index < -0.39 is 5.97 Å². The van der Waals surface area contributed by atoms with E-state index >= 15 is 0 Å². The normalized spacial score (nSPS) is 12.0. The van der Waals surface area contributed by atoms with Gasteiger partial charge in [0.15, 0.2) is 6.61 Å². The van der Waals surface area contributed by atoms with E-state index in [0.717, 1.165) is 19.4 Å². The van der Waals surface area contributed by atoms with E-state index in [1.54, 1.807) is 0 Å². The van der Waals surface area contributed by atoms with Gasteiger partial charge in [-0.15, -0.1) is 0 Å². The number of hydrogen-bond donors (Lipinski definition) is 2. The molecule has 27 heavy (non-hydrogen) atoms. The lowest BCUT2D eigenvalue weighted by Crippen LogP contribution is -2.20. The van der Waals surface area contributed by atoms with Crippen molar-refractivity contribution in [1.29, 1.82) is 0 Å². The van der Waals surface area contributed by atoms with Gasteiger partial charge in [-0.1, -0.05) is 54.6 Å². The van der Waals surface area contributed by atoms with Crippen LogP contribution in [0.25, 0.3) is 10.8 Å². The van der Waals surface area contributed by atoms with Crippen LogP contribution in [0.3, 0.4) is 0 Å². The molecule has 0 aliphatic heterocycles. The monoisotopic (exact) mass is 363 g/mol. The van der Waals surface area contributed by atoms with Crippen molar-refractivity contribution in [3.8, 4) is 5.75 Å².